The molecule has 1 aliphatic heterocycles. The Hall–Kier alpha value is 0.0200. The molecular weight excluding hydrogens is 144 g/mol. The average Bonchev–Trinajstić information content (AvgIpc) is 2.04. The molecule has 0 aliphatic carbocycles. The number of carbonyl (C=O) groups is 1. The third-order valence-electron chi connectivity index (χ3n) is 2.03. The highest BCUT2D eigenvalue weighted by Crippen LogP contribution is 2.22. The summed E-state index contributed by atoms with van der Waals surface area (Å²) in [6.07, 6.45) is 1.08. The molecule has 1 rings (SSSR count). The smallest absolute Gasteiger partial charge is 0.139 e. The predicted molar refractivity (Wildman–Crippen MR) is 45.3 cm³/mol. The first kappa shape index (κ1) is 8.12. The molecule has 1 fully saturated rings. The molecular formula is C8H14OS. The molecule has 0 amide bonds. The predicted octanol–water partition coefficient (Wildman–Crippen LogP) is 1.96. The minimum Gasteiger partial charge on any atom is -0.299 e. The fourth-order valence-corrected chi connectivity index (χ4v) is 2.44. The van der Waals surface area contributed by atoms with E-state index in [0.717, 1.165) is 17.9 Å². The molecule has 0 saturated carbocycles. The topological polar surface area (TPSA) is 17.1 Å². The SMILES string of the molecule is CC1CCSCC(C)C1=O. The standard InChI is InChI=1S/C8H14OS/c1-6-3-4-10-5-7(2)8(6)9/h6-7H,3-5H2,1-2H3. The molecule has 10 heavy (non-hydrogen) atoms. The van der Waals surface area contributed by atoms with Crippen LogP contribution in [0, 0.1) is 11.8 Å². The molecule has 0 aromatic carbocycles. The number of carbonyl (C=O) groups excluding carboxylic acids is 1. The Kier molecular flexibility index (Phi) is 2.78. The quantitative estimate of drug-likeness (QED) is 0.536. The third-order valence-corrected chi connectivity index (χ3v) is 3.29. The van der Waals surface area contributed by atoms with Gasteiger partial charge in [-0.3, -0.25) is 4.79 Å². The van der Waals surface area contributed by atoms with Gasteiger partial charge in [0.05, 0.1) is 0 Å². The molecule has 2 unspecified atom stereocenters. The molecule has 2 heteroatoms. The number of thioether (sulfide) groups is 1. The molecule has 1 aliphatic rings. The fourth-order valence-electron chi connectivity index (χ4n) is 1.23. The molecule has 2 atom stereocenters. The van der Waals surface area contributed by atoms with Crippen molar-refractivity contribution in [3.05, 3.63) is 0 Å². The zero-order chi connectivity index (χ0) is 7.56. The van der Waals surface area contributed by atoms with E-state index in [4.69, 9.17) is 0 Å². The van der Waals surface area contributed by atoms with E-state index in [1.54, 1.807) is 0 Å². The van der Waals surface area contributed by atoms with Crippen molar-refractivity contribution in [1.29, 1.82) is 0 Å². The normalized spacial score (nSPS) is 35.6. The van der Waals surface area contributed by atoms with Gasteiger partial charge in [0.2, 0.25) is 0 Å². The summed E-state index contributed by atoms with van der Waals surface area (Å²) in [5.74, 6) is 3.26. The Labute approximate surface area is 66.6 Å². The van der Waals surface area contributed by atoms with Crippen LogP contribution in [0.2, 0.25) is 0 Å². The summed E-state index contributed by atoms with van der Waals surface area (Å²) in [6, 6.07) is 0. The van der Waals surface area contributed by atoms with Gasteiger partial charge in [-0.2, -0.15) is 11.8 Å². The van der Waals surface area contributed by atoms with Gasteiger partial charge in [0, 0.05) is 17.6 Å². The van der Waals surface area contributed by atoms with Crippen molar-refractivity contribution in [2.24, 2.45) is 11.8 Å². The van der Waals surface area contributed by atoms with Crippen molar-refractivity contribution < 1.29 is 4.79 Å². The highest BCUT2D eigenvalue weighted by atomic mass is 32.2. The number of ketones is 1. The number of Topliss-reactive ketones (excluding diaryl/α,β-unsaturated/α-hetero) is 1. The van der Waals surface area contributed by atoms with E-state index in [9.17, 15) is 4.79 Å². The molecule has 1 saturated heterocycles. The Morgan fingerprint density at radius 1 is 1.40 bits per heavy atom. The van der Waals surface area contributed by atoms with Crippen molar-refractivity contribution >= 4 is 17.5 Å². The molecule has 0 N–H and O–H groups in total. The van der Waals surface area contributed by atoms with Gasteiger partial charge in [0.1, 0.15) is 5.78 Å². The molecule has 0 bridgehead atoms. The van der Waals surface area contributed by atoms with E-state index in [0.29, 0.717) is 17.6 Å². The number of hydrogen-bond acceptors (Lipinski definition) is 2. The molecule has 0 aromatic rings. The van der Waals surface area contributed by atoms with Crippen molar-refractivity contribution in [2.75, 3.05) is 11.5 Å². The summed E-state index contributed by atoms with van der Waals surface area (Å²) in [6.45, 7) is 4.09. The lowest BCUT2D eigenvalue weighted by Crippen LogP contribution is -2.18. The van der Waals surface area contributed by atoms with Gasteiger partial charge in [-0.1, -0.05) is 13.8 Å². The molecule has 1 heterocycles. The van der Waals surface area contributed by atoms with Gasteiger partial charge in [0.15, 0.2) is 0 Å². The molecule has 0 spiro atoms. The van der Waals surface area contributed by atoms with Crippen LogP contribution in [0.4, 0.5) is 0 Å². The number of hydrogen-bond donors (Lipinski definition) is 0. The third kappa shape index (κ3) is 1.75. The second kappa shape index (κ2) is 3.42. The van der Waals surface area contributed by atoms with Crippen LogP contribution < -0.4 is 0 Å². The van der Waals surface area contributed by atoms with Gasteiger partial charge < -0.3 is 0 Å². The Bertz CT molecular complexity index is 119. The van der Waals surface area contributed by atoms with Crippen molar-refractivity contribution in [1.82, 2.24) is 0 Å². The van der Waals surface area contributed by atoms with Crippen LogP contribution in [0.25, 0.3) is 0 Å². The summed E-state index contributed by atoms with van der Waals surface area (Å²) in [5.41, 5.74) is 0. The Balaban J connectivity index is 2.55. The summed E-state index contributed by atoms with van der Waals surface area (Å²) in [4.78, 5) is 11.3. The van der Waals surface area contributed by atoms with Crippen LogP contribution in [-0.4, -0.2) is 17.3 Å². The van der Waals surface area contributed by atoms with Crippen LogP contribution in [0.5, 0.6) is 0 Å². The molecule has 1 nitrogen and oxygen atoms in total. The Morgan fingerprint density at radius 3 is 2.80 bits per heavy atom. The van der Waals surface area contributed by atoms with Gasteiger partial charge in [-0.15, -0.1) is 0 Å². The summed E-state index contributed by atoms with van der Waals surface area (Å²) in [7, 11) is 0. The first-order valence-electron chi connectivity index (χ1n) is 3.83. The molecule has 0 aromatic heterocycles. The lowest BCUT2D eigenvalue weighted by molar-refractivity contribution is -0.125. The van der Waals surface area contributed by atoms with Gasteiger partial charge in [-0.05, 0) is 12.2 Å². The lowest BCUT2D eigenvalue weighted by Gasteiger charge is -2.08. The second-order valence-electron chi connectivity index (χ2n) is 3.07. The van der Waals surface area contributed by atoms with Crippen LogP contribution in [-0.2, 0) is 4.79 Å². The summed E-state index contributed by atoms with van der Waals surface area (Å²) >= 11 is 1.91. The maximum atomic E-state index is 11.3. The van der Waals surface area contributed by atoms with E-state index in [1.165, 1.54) is 0 Å². The highest BCUT2D eigenvalue weighted by Gasteiger charge is 2.22. The van der Waals surface area contributed by atoms with Crippen LogP contribution >= 0.6 is 11.8 Å². The minimum absolute atomic E-state index is 0.294. The first-order valence-corrected chi connectivity index (χ1v) is 4.98. The van der Waals surface area contributed by atoms with Crippen molar-refractivity contribution in [2.45, 2.75) is 20.3 Å². The monoisotopic (exact) mass is 158 g/mol. The summed E-state index contributed by atoms with van der Waals surface area (Å²) < 4.78 is 0. The molecule has 0 radical (unpaired) electrons. The maximum absolute atomic E-state index is 11.3. The highest BCUT2D eigenvalue weighted by molar-refractivity contribution is 7.99. The van der Waals surface area contributed by atoms with E-state index < -0.39 is 0 Å². The van der Waals surface area contributed by atoms with Gasteiger partial charge in [0.25, 0.3) is 0 Å². The largest absolute Gasteiger partial charge is 0.299 e. The minimum atomic E-state index is 0.294. The van der Waals surface area contributed by atoms with Crippen LogP contribution in [0.3, 0.4) is 0 Å². The zero-order valence-electron chi connectivity index (χ0n) is 6.59. The summed E-state index contributed by atoms with van der Waals surface area (Å²) in [5, 5.41) is 0. The van der Waals surface area contributed by atoms with Crippen molar-refractivity contribution in [3.8, 4) is 0 Å². The first-order chi connectivity index (χ1) is 4.72. The lowest BCUT2D eigenvalue weighted by atomic mass is 9.95. The van der Waals surface area contributed by atoms with Gasteiger partial charge >= 0.3 is 0 Å². The number of rotatable bonds is 0. The second-order valence-corrected chi connectivity index (χ2v) is 4.22. The van der Waals surface area contributed by atoms with Crippen LogP contribution in [0.15, 0.2) is 0 Å². The van der Waals surface area contributed by atoms with Gasteiger partial charge in [-0.25, -0.2) is 0 Å². The van der Waals surface area contributed by atoms with Crippen LogP contribution in [0.1, 0.15) is 20.3 Å². The maximum Gasteiger partial charge on any atom is 0.139 e. The average molecular weight is 158 g/mol. The van der Waals surface area contributed by atoms with E-state index in [1.807, 2.05) is 25.6 Å². The van der Waals surface area contributed by atoms with E-state index >= 15 is 0 Å². The van der Waals surface area contributed by atoms with E-state index in [2.05, 4.69) is 0 Å². The van der Waals surface area contributed by atoms with Crippen molar-refractivity contribution in [3.63, 3.8) is 0 Å². The fraction of sp³-hybridized carbons (Fsp3) is 0.875. The van der Waals surface area contributed by atoms with E-state index in [-0.39, 0.29) is 0 Å². The Morgan fingerprint density at radius 2 is 2.10 bits per heavy atom. The zero-order valence-corrected chi connectivity index (χ0v) is 7.41. The molecule has 58 valence electrons.